The molecule has 1 fully saturated rings. The molecule has 2 amide bonds. The molecule has 1 aliphatic carbocycles. The zero-order chi connectivity index (χ0) is 30.3. The van der Waals surface area contributed by atoms with E-state index in [1.165, 1.54) is 24.1 Å². The van der Waals surface area contributed by atoms with Gasteiger partial charge in [-0.15, -0.1) is 0 Å². The summed E-state index contributed by atoms with van der Waals surface area (Å²) in [5.74, 6) is -0.418. The molecular formula is C33H41N3O5S. The van der Waals surface area contributed by atoms with Crippen LogP contribution in [0.5, 0.6) is 5.75 Å². The highest BCUT2D eigenvalue weighted by Crippen LogP contribution is 2.34. The first kappa shape index (κ1) is 31.1. The summed E-state index contributed by atoms with van der Waals surface area (Å²) in [5, 5.41) is 3.13. The number of nitrogens with one attached hydrogen (secondary N) is 1. The molecule has 1 saturated carbocycles. The van der Waals surface area contributed by atoms with E-state index < -0.39 is 28.5 Å². The molecule has 0 unspecified atom stereocenters. The Hall–Kier alpha value is -3.85. The number of rotatable bonds is 11. The summed E-state index contributed by atoms with van der Waals surface area (Å²) in [7, 11) is -2.72. The zero-order valence-corrected chi connectivity index (χ0v) is 25.7. The molecule has 0 aromatic heterocycles. The molecule has 224 valence electrons. The molecule has 3 aromatic carbocycles. The van der Waals surface area contributed by atoms with E-state index in [4.69, 9.17) is 4.74 Å². The average Bonchev–Trinajstić information content (AvgIpc) is 2.99. The van der Waals surface area contributed by atoms with Crippen molar-refractivity contribution in [2.75, 3.05) is 18.0 Å². The van der Waals surface area contributed by atoms with E-state index in [-0.39, 0.29) is 29.1 Å². The number of sulfonamides is 1. The van der Waals surface area contributed by atoms with Crippen molar-refractivity contribution in [3.05, 3.63) is 89.5 Å². The Bertz CT molecular complexity index is 1470. The van der Waals surface area contributed by atoms with Crippen molar-refractivity contribution in [1.82, 2.24) is 10.2 Å². The van der Waals surface area contributed by atoms with E-state index in [0.29, 0.717) is 5.75 Å². The predicted octanol–water partition coefficient (Wildman–Crippen LogP) is 5.37. The van der Waals surface area contributed by atoms with Crippen LogP contribution in [0.4, 0.5) is 5.69 Å². The van der Waals surface area contributed by atoms with Crippen molar-refractivity contribution < 1.29 is 22.7 Å². The first-order valence-corrected chi connectivity index (χ1v) is 15.9. The van der Waals surface area contributed by atoms with Gasteiger partial charge in [0.2, 0.25) is 11.8 Å². The number of anilines is 1. The number of aryl methyl sites for hydroxylation is 2. The molecule has 42 heavy (non-hydrogen) atoms. The Morgan fingerprint density at radius 1 is 0.929 bits per heavy atom. The molecule has 9 heteroatoms. The molecule has 0 bridgehead atoms. The highest BCUT2D eigenvalue weighted by atomic mass is 32.2. The summed E-state index contributed by atoms with van der Waals surface area (Å²) >= 11 is 0. The van der Waals surface area contributed by atoms with Crippen LogP contribution in [0.3, 0.4) is 0 Å². The SMILES string of the molecule is COc1ccc(C)cc1N(CC(=O)N(Cc1ccccc1)[C@H](C)C(=O)NC1CCCCC1)S(=O)(=O)c1ccc(C)cc1. The third-order valence-electron chi connectivity index (χ3n) is 7.81. The van der Waals surface area contributed by atoms with Gasteiger partial charge in [0.05, 0.1) is 17.7 Å². The summed E-state index contributed by atoms with van der Waals surface area (Å²) in [6, 6.07) is 20.4. The molecule has 1 atom stereocenters. The van der Waals surface area contributed by atoms with Crippen molar-refractivity contribution in [2.45, 2.75) is 76.4 Å². The molecule has 0 aliphatic heterocycles. The van der Waals surface area contributed by atoms with Gasteiger partial charge < -0.3 is 15.0 Å². The van der Waals surface area contributed by atoms with Crippen LogP contribution < -0.4 is 14.4 Å². The minimum absolute atomic E-state index is 0.0576. The number of methoxy groups -OCH3 is 1. The number of hydrogen-bond acceptors (Lipinski definition) is 5. The second-order valence-corrected chi connectivity index (χ2v) is 12.9. The molecule has 0 radical (unpaired) electrons. The van der Waals surface area contributed by atoms with Gasteiger partial charge in [-0.3, -0.25) is 13.9 Å². The van der Waals surface area contributed by atoms with E-state index in [2.05, 4.69) is 5.32 Å². The summed E-state index contributed by atoms with van der Waals surface area (Å²) < 4.78 is 34.9. The lowest BCUT2D eigenvalue weighted by atomic mass is 9.95. The monoisotopic (exact) mass is 591 g/mol. The van der Waals surface area contributed by atoms with Gasteiger partial charge in [-0.25, -0.2) is 8.42 Å². The molecule has 1 aliphatic rings. The fraction of sp³-hybridized carbons (Fsp3) is 0.394. The third-order valence-corrected chi connectivity index (χ3v) is 9.58. The standard InChI is InChI=1S/C33H41N3O5S/c1-24-15-18-29(19-16-24)42(39,40)36(30-21-25(2)17-20-31(30)41-4)23-32(37)35(22-27-11-7-5-8-12-27)26(3)33(38)34-28-13-9-6-10-14-28/h5,7-8,11-12,15-21,26,28H,6,9-10,13-14,22-23H2,1-4H3,(H,34,38)/t26-/m1/s1. The van der Waals surface area contributed by atoms with E-state index in [0.717, 1.165) is 53.1 Å². The number of carbonyl (C=O) groups excluding carboxylic acids is 2. The Labute approximate surface area is 249 Å². The molecule has 0 heterocycles. The number of benzene rings is 3. The Balaban J connectivity index is 1.71. The van der Waals surface area contributed by atoms with Gasteiger partial charge in [0.25, 0.3) is 10.0 Å². The van der Waals surface area contributed by atoms with Crippen molar-refractivity contribution >= 4 is 27.5 Å². The van der Waals surface area contributed by atoms with Crippen LogP contribution in [0.2, 0.25) is 0 Å². The maximum Gasteiger partial charge on any atom is 0.264 e. The lowest BCUT2D eigenvalue weighted by Gasteiger charge is -2.33. The van der Waals surface area contributed by atoms with Crippen molar-refractivity contribution in [1.29, 1.82) is 0 Å². The van der Waals surface area contributed by atoms with E-state index in [1.54, 1.807) is 31.2 Å². The van der Waals surface area contributed by atoms with Gasteiger partial charge in [0, 0.05) is 12.6 Å². The number of carbonyl (C=O) groups is 2. The van der Waals surface area contributed by atoms with Crippen molar-refractivity contribution in [3.8, 4) is 5.75 Å². The molecule has 0 spiro atoms. The molecule has 0 saturated heterocycles. The quantitative estimate of drug-likeness (QED) is 0.323. The summed E-state index contributed by atoms with van der Waals surface area (Å²) in [6.07, 6.45) is 5.13. The summed E-state index contributed by atoms with van der Waals surface area (Å²) in [5.41, 5.74) is 2.81. The van der Waals surface area contributed by atoms with Crippen molar-refractivity contribution in [3.63, 3.8) is 0 Å². The first-order chi connectivity index (χ1) is 20.1. The van der Waals surface area contributed by atoms with E-state index in [1.807, 2.05) is 50.2 Å². The average molecular weight is 592 g/mol. The molecule has 3 aromatic rings. The van der Waals surface area contributed by atoms with E-state index >= 15 is 0 Å². The Morgan fingerprint density at radius 2 is 1.57 bits per heavy atom. The number of ether oxygens (including phenoxy) is 1. The first-order valence-electron chi connectivity index (χ1n) is 14.5. The molecular weight excluding hydrogens is 550 g/mol. The second-order valence-electron chi connectivity index (χ2n) is 11.0. The van der Waals surface area contributed by atoms with Crippen LogP contribution in [0.25, 0.3) is 0 Å². The minimum Gasteiger partial charge on any atom is -0.495 e. The van der Waals surface area contributed by atoms with Crippen LogP contribution >= 0.6 is 0 Å². The van der Waals surface area contributed by atoms with Gasteiger partial charge in [0.1, 0.15) is 18.3 Å². The van der Waals surface area contributed by atoms with Gasteiger partial charge in [-0.05, 0) is 69.0 Å². The van der Waals surface area contributed by atoms with Crippen molar-refractivity contribution in [2.24, 2.45) is 0 Å². The van der Waals surface area contributed by atoms with Gasteiger partial charge in [0.15, 0.2) is 0 Å². The second kappa shape index (κ2) is 13.9. The van der Waals surface area contributed by atoms with Crippen LogP contribution in [-0.2, 0) is 26.2 Å². The predicted molar refractivity (Wildman–Crippen MR) is 165 cm³/mol. The van der Waals surface area contributed by atoms with Gasteiger partial charge in [-0.2, -0.15) is 0 Å². The summed E-state index contributed by atoms with van der Waals surface area (Å²) in [4.78, 5) is 29.2. The van der Waals surface area contributed by atoms with E-state index in [9.17, 15) is 18.0 Å². The smallest absolute Gasteiger partial charge is 0.264 e. The van der Waals surface area contributed by atoms with Crippen LogP contribution in [0.15, 0.2) is 77.7 Å². The Morgan fingerprint density at radius 3 is 2.21 bits per heavy atom. The van der Waals surface area contributed by atoms with Crippen LogP contribution in [0.1, 0.15) is 55.7 Å². The molecule has 1 N–H and O–H groups in total. The zero-order valence-electron chi connectivity index (χ0n) is 24.9. The molecule has 4 rings (SSSR count). The fourth-order valence-electron chi connectivity index (χ4n) is 5.28. The Kier molecular flexibility index (Phi) is 10.3. The topological polar surface area (TPSA) is 96.0 Å². The molecule has 8 nitrogen and oxygen atoms in total. The highest BCUT2D eigenvalue weighted by Gasteiger charge is 2.34. The van der Waals surface area contributed by atoms with Crippen LogP contribution in [-0.4, -0.2) is 50.9 Å². The third kappa shape index (κ3) is 7.50. The van der Waals surface area contributed by atoms with Gasteiger partial charge >= 0.3 is 0 Å². The summed E-state index contributed by atoms with van der Waals surface area (Å²) in [6.45, 7) is 5.07. The largest absolute Gasteiger partial charge is 0.495 e. The van der Waals surface area contributed by atoms with Gasteiger partial charge in [-0.1, -0.05) is 73.4 Å². The number of nitrogens with zero attached hydrogens (tertiary/aromatic N) is 2. The van der Waals surface area contributed by atoms with Crippen LogP contribution in [0, 0.1) is 13.8 Å². The number of amides is 2. The minimum atomic E-state index is -4.19. The number of hydrogen-bond donors (Lipinski definition) is 1. The fourth-order valence-corrected chi connectivity index (χ4v) is 6.69. The highest BCUT2D eigenvalue weighted by molar-refractivity contribution is 7.92. The normalized spacial score (nSPS) is 14.6. The lowest BCUT2D eigenvalue weighted by Crippen LogP contribution is -2.53. The lowest BCUT2D eigenvalue weighted by molar-refractivity contribution is -0.139. The maximum atomic E-state index is 14.2. The maximum absolute atomic E-state index is 14.2.